The summed E-state index contributed by atoms with van der Waals surface area (Å²) in [5, 5.41) is 19.2. The summed E-state index contributed by atoms with van der Waals surface area (Å²) in [6.45, 7) is 3.94. The minimum atomic E-state index is 0.308. The maximum atomic E-state index is 9.68. The van der Waals surface area contributed by atoms with Crippen molar-refractivity contribution in [2.75, 3.05) is 13.1 Å². The molecule has 0 unspecified atom stereocenters. The molecule has 2 rings (SSSR count). The summed E-state index contributed by atoms with van der Waals surface area (Å²) in [6.07, 6.45) is 5.83. The Hall–Kier alpha value is -1.81. The van der Waals surface area contributed by atoms with E-state index in [9.17, 15) is 5.11 Å². The monoisotopic (exact) mass is 330 g/mol. The standard InChI is InChI=1S/C19H26N2OS/c1-2-3-4-5-12-20-19(23)21-13-11-16-8-6-7-15-9-10-17(22)14-18(15)16/h6-10,14,22H,2-5,11-13H2,1H3,(H2,20,21,23). The Labute approximate surface area is 144 Å². The van der Waals surface area contributed by atoms with Gasteiger partial charge in [-0.25, -0.2) is 0 Å². The summed E-state index contributed by atoms with van der Waals surface area (Å²) in [5.41, 5.74) is 1.22. The second-order valence-electron chi connectivity index (χ2n) is 5.82. The molecule has 0 aromatic heterocycles. The summed E-state index contributed by atoms with van der Waals surface area (Å²) in [5.74, 6) is 0.308. The average molecular weight is 330 g/mol. The molecule has 0 aliphatic heterocycles. The maximum Gasteiger partial charge on any atom is 0.166 e. The van der Waals surface area contributed by atoms with Gasteiger partial charge < -0.3 is 15.7 Å². The molecule has 0 heterocycles. The van der Waals surface area contributed by atoms with Gasteiger partial charge in [-0.3, -0.25) is 0 Å². The number of nitrogens with one attached hydrogen (secondary N) is 2. The van der Waals surface area contributed by atoms with Crippen LogP contribution in [-0.4, -0.2) is 23.3 Å². The van der Waals surface area contributed by atoms with Gasteiger partial charge in [-0.15, -0.1) is 0 Å². The molecular formula is C19H26N2OS. The molecule has 0 bridgehead atoms. The number of benzene rings is 2. The van der Waals surface area contributed by atoms with Gasteiger partial charge in [0.2, 0.25) is 0 Å². The Morgan fingerprint density at radius 1 is 1.04 bits per heavy atom. The van der Waals surface area contributed by atoms with E-state index in [1.165, 1.54) is 24.8 Å². The van der Waals surface area contributed by atoms with Crippen LogP contribution in [0, 0.1) is 0 Å². The summed E-state index contributed by atoms with van der Waals surface area (Å²) in [6, 6.07) is 11.7. The van der Waals surface area contributed by atoms with Crippen molar-refractivity contribution in [1.29, 1.82) is 0 Å². The first-order chi connectivity index (χ1) is 11.2. The van der Waals surface area contributed by atoms with E-state index in [0.717, 1.165) is 41.8 Å². The largest absolute Gasteiger partial charge is 0.508 e. The van der Waals surface area contributed by atoms with E-state index in [2.05, 4.69) is 35.8 Å². The fraction of sp³-hybridized carbons (Fsp3) is 0.421. The minimum absolute atomic E-state index is 0.308. The van der Waals surface area contributed by atoms with Crippen LogP contribution >= 0.6 is 12.2 Å². The Balaban J connectivity index is 1.78. The van der Waals surface area contributed by atoms with Gasteiger partial charge in [0.05, 0.1) is 0 Å². The van der Waals surface area contributed by atoms with Gasteiger partial charge in [-0.1, -0.05) is 50.5 Å². The molecule has 124 valence electrons. The quantitative estimate of drug-likeness (QED) is 0.503. The van der Waals surface area contributed by atoms with Gasteiger partial charge in [-0.05, 0) is 53.5 Å². The van der Waals surface area contributed by atoms with E-state index < -0.39 is 0 Å². The van der Waals surface area contributed by atoms with Crippen molar-refractivity contribution >= 4 is 28.1 Å². The molecule has 2 aromatic rings. The third-order valence-electron chi connectivity index (χ3n) is 3.95. The highest BCUT2D eigenvalue weighted by atomic mass is 32.1. The van der Waals surface area contributed by atoms with E-state index in [1.54, 1.807) is 6.07 Å². The Morgan fingerprint density at radius 3 is 2.70 bits per heavy atom. The van der Waals surface area contributed by atoms with E-state index in [0.29, 0.717) is 5.75 Å². The van der Waals surface area contributed by atoms with Crippen molar-refractivity contribution in [3.63, 3.8) is 0 Å². The van der Waals surface area contributed by atoms with Crippen LogP contribution in [0.5, 0.6) is 5.75 Å². The minimum Gasteiger partial charge on any atom is -0.508 e. The predicted octanol–water partition coefficient (Wildman–Crippen LogP) is 4.13. The number of hydrogen-bond donors (Lipinski definition) is 3. The van der Waals surface area contributed by atoms with Crippen LogP contribution in [0.15, 0.2) is 36.4 Å². The maximum absolute atomic E-state index is 9.68. The van der Waals surface area contributed by atoms with Gasteiger partial charge in [0.1, 0.15) is 5.75 Å². The molecule has 0 saturated heterocycles. The van der Waals surface area contributed by atoms with Crippen LogP contribution in [0.1, 0.15) is 38.2 Å². The SMILES string of the molecule is CCCCCCNC(=S)NCCc1cccc2ccc(O)cc12. The van der Waals surface area contributed by atoms with Crippen LogP contribution < -0.4 is 10.6 Å². The third-order valence-corrected chi connectivity index (χ3v) is 4.24. The number of phenolic OH excluding ortho intramolecular Hbond substituents is 1. The fourth-order valence-electron chi connectivity index (χ4n) is 2.67. The lowest BCUT2D eigenvalue weighted by Gasteiger charge is -2.11. The number of fused-ring (bicyclic) bond motifs is 1. The zero-order valence-electron chi connectivity index (χ0n) is 13.8. The Bertz CT molecular complexity index is 642. The van der Waals surface area contributed by atoms with Crippen LogP contribution in [-0.2, 0) is 6.42 Å². The fourth-order valence-corrected chi connectivity index (χ4v) is 2.87. The van der Waals surface area contributed by atoms with Crippen LogP contribution in [0.4, 0.5) is 0 Å². The molecule has 0 fully saturated rings. The Kier molecular flexibility index (Phi) is 7.14. The van der Waals surface area contributed by atoms with Crippen LogP contribution in [0.2, 0.25) is 0 Å². The van der Waals surface area contributed by atoms with Crippen molar-refractivity contribution in [1.82, 2.24) is 10.6 Å². The molecule has 4 heteroatoms. The van der Waals surface area contributed by atoms with Gasteiger partial charge in [0.25, 0.3) is 0 Å². The number of rotatable bonds is 8. The molecule has 0 saturated carbocycles. The van der Waals surface area contributed by atoms with Crippen LogP contribution in [0.25, 0.3) is 10.8 Å². The highest BCUT2D eigenvalue weighted by Gasteiger charge is 2.02. The smallest absolute Gasteiger partial charge is 0.166 e. The van der Waals surface area contributed by atoms with Crippen molar-refractivity contribution in [3.8, 4) is 5.75 Å². The molecule has 23 heavy (non-hydrogen) atoms. The number of phenols is 1. The molecule has 0 atom stereocenters. The highest BCUT2D eigenvalue weighted by molar-refractivity contribution is 7.80. The van der Waals surface area contributed by atoms with E-state index in [4.69, 9.17) is 12.2 Å². The van der Waals surface area contributed by atoms with Gasteiger partial charge in [-0.2, -0.15) is 0 Å². The van der Waals surface area contributed by atoms with E-state index >= 15 is 0 Å². The lowest BCUT2D eigenvalue weighted by molar-refractivity contribution is 0.476. The molecule has 3 N–H and O–H groups in total. The summed E-state index contributed by atoms with van der Waals surface area (Å²) < 4.78 is 0. The number of hydrogen-bond acceptors (Lipinski definition) is 2. The highest BCUT2D eigenvalue weighted by Crippen LogP contribution is 2.23. The number of unbranched alkanes of at least 4 members (excludes halogenated alkanes) is 3. The van der Waals surface area contributed by atoms with Crippen molar-refractivity contribution < 1.29 is 5.11 Å². The summed E-state index contributed by atoms with van der Waals surface area (Å²) >= 11 is 5.30. The molecule has 0 amide bonds. The predicted molar refractivity (Wildman–Crippen MR) is 102 cm³/mol. The zero-order valence-corrected chi connectivity index (χ0v) is 14.6. The molecule has 0 spiro atoms. The third kappa shape index (κ3) is 5.71. The zero-order chi connectivity index (χ0) is 16.5. The van der Waals surface area contributed by atoms with Gasteiger partial charge in [0.15, 0.2) is 5.11 Å². The van der Waals surface area contributed by atoms with Crippen molar-refractivity contribution in [2.45, 2.75) is 39.0 Å². The van der Waals surface area contributed by atoms with E-state index in [1.807, 2.05) is 12.1 Å². The summed E-state index contributed by atoms with van der Waals surface area (Å²) in [7, 11) is 0. The second-order valence-corrected chi connectivity index (χ2v) is 6.22. The molecule has 3 nitrogen and oxygen atoms in total. The number of thiocarbonyl (C=S) groups is 1. The normalized spacial score (nSPS) is 10.7. The van der Waals surface area contributed by atoms with E-state index in [-0.39, 0.29) is 0 Å². The molecular weight excluding hydrogens is 304 g/mol. The molecule has 2 aromatic carbocycles. The summed E-state index contributed by atoms with van der Waals surface area (Å²) in [4.78, 5) is 0. The molecule has 0 radical (unpaired) electrons. The molecule has 0 aliphatic carbocycles. The second kappa shape index (κ2) is 9.36. The van der Waals surface area contributed by atoms with Crippen molar-refractivity contribution in [2.24, 2.45) is 0 Å². The van der Waals surface area contributed by atoms with Crippen LogP contribution in [0.3, 0.4) is 0 Å². The molecule has 0 aliphatic rings. The topological polar surface area (TPSA) is 44.3 Å². The first-order valence-corrected chi connectivity index (χ1v) is 8.84. The van der Waals surface area contributed by atoms with Gasteiger partial charge in [0, 0.05) is 13.1 Å². The number of aromatic hydroxyl groups is 1. The first kappa shape index (κ1) is 17.5. The lowest BCUT2D eigenvalue weighted by atomic mass is 10.0. The van der Waals surface area contributed by atoms with Crippen molar-refractivity contribution in [3.05, 3.63) is 42.0 Å². The average Bonchev–Trinajstić information content (AvgIpc) is 2.55. The lowest BCUT2D eigenvalue weighted by Crippen LogP contribution is -2.36. The Morgan fingerprint density at radius 2 is 1.87 bits per heavy atom. The first-order valence-electron chi connectivity index (χ1n) is 8.43. The van der Waals surface area contributed by atoms with Gasteiger partial charge >= 0.3 is 0 Å².